The maximum absolute atomic E-state index is 14.4. The van der Waals surface area contributed by atoms with Crippen LogP contribution in [0.3, 0.4) is 0 Å². The number of nitrogens with one attached hydrogen (secondary N) is 3. The maximum Gasteiger partial charge on any atom is 0.249 e. The largest absolute Gasteiger partial charge is 0.489 e. The highest BCUT2D eigenvalue weighted by Crippen LogP contribution is 2.35. The third-order valence-electron chi connectivity index (χ3n) is 10.2. The number of amides is 3. The summed E-state index contributed by atoms with van der Waals surface area (Å²) in [6.07, 6.45) is 0.707. The van der Waals surface area contributed by atoms with Crippen LogP contribution < -0.4 is 20.7 Å². The third-order valence-corrected chi connectivity index (χ3v) is 10.2. The molecule has 4 N–H and O–H groups in total. The molecule has 9 nitrogen and oxygen atoms in total. The highest BCUT2D eigenvalue weighted by Gasteiger charge is 2.53. The van der Waals surface area contributed by atoms with Gasteiger partial charge in [0.1, 0.15) is 35.1 Å². The van der Waals surface area contributed by atoms with Crippen LogP contribution in [0.25, 0.3) is 0 Å². The number of carbonyl (C=O) groups excluding carboxylic acids is 3. The third kappa shape index (κ3) is 8.86. The van der Waals surface area contributed by atoms with Crippen molar-refractivity contribution in [2.45, 2.75) is 95.2 Å². The van der Waals surface area contributed by atoms with E-state index in [0.717, 1.165) is 11.6 Å². The molecular formula is C39H48F2N4O5. The number of benzene rings is 3. The standard InChI is InChI=1S/C39H48F2N4O5/c1-4-25(2)39(44-26(3)46)17-18-45(38(39)49)35(16-15-27-11-7-5-8-12-27)37(48)43-34(21-28-19-29(40)22-30(41)20-28)36(47)33-23-32(24-42-33)50-31-13-9-6-10-14-31/h5-14,19-20,22,25,32-36,42,47H,4,15-18,21,23-24H2,1-3H3,(H,43,48)(H,44,46)/t25-,32-,33-,34+,35+,36-,39+/m1/s1. The molecule has 2 fully saturated rings. The molecule has 2 aliphatic rings. The molecule has 2 heterocycles. The van der Waals surface area contributed by atoms with Crippen molar-refractivity contribution in [2.24, 2.45) is 5.92 Å². The normalized spacial score (nSPS) is 22.8. The van der Waals surface area contributed by atoms with Crippen molar-refractivity contribution in [3.8, 4) is 5.75 Å². The molecule has 5 rings (SSSR count). The summed E-state index contributed by atoms with van der Waals surface area (Å²) < 4.78 is 34.7. The van der Waals surface area contributed by atoms with Crippen molar-refractivity contribution in [1.82, 2.24) is 20.9 Å². The monoisotopic (exact) mass is 690 g/mol. The Morgan fingerprint density at radius 2 is 1.70 bits per heavy atom. The van der Waals surface area contributed by atoms with Crippen LogP contribution in [0, 0.1) is 17.6 Å². The van der Waals surface area contributed by atoms with Gasteiger partial charge >= 0.3 is 0 Å². The summed E-state index contributed by atoms with van der Waals surface area (Å²) in [7, 11) is 0. The van der Waals surface area contributed by atoms with Gasteiger partial charge in [0.2, 0.25) is 17.7 Å². The molecule has 3 aromatic rings. The number of nitrogens with zero attached hydrogens (tertiary/aromatic N) is 1. The molecule has 50 heavy (non-hydrogen) atoms. The lowest BCUT2D eigenvalue weighted by atomic mass is 9.81. The summed E-state index contributed by atoms with van der Waals surface area (Å²) in [5.41, 5.74) is 0.102. The molecule has 0 saturated carbocycles. The van der Waals surface area contributed by atoms with Crippen molar-refractivity contribution in [2.75, 3.05) is 13.1 Å². The average molecular weight is 691 g/mol. The second-order valence-electron chi connectivity index (χ2n) is 13.6. The van der Waals surface area contributed by atoms with Crippen LogP contribution in [0.2, 0.25) is 0 Å². The lowest BCUT2D eigenvalue weighted by molar-refractivity contribution is -0.144. The van der Waals surface area contributed by atoms with Crippen molar-refractivity contribution < 1.29 is 33.0 Å². The van der Waals surface area contributed by atoms with Crippen molar-refractivity contribution in [3.63, 3.8) is 0 Å². The zero-order valence-electron chi connectivity index (χ0n) is 28.9. The molecule has 268 valence electrons. The Balaban J connectivity index is 1.41. The molecule has 0 radical (unpaired) electrons. The van der Waals surface area contributed by atoms with Crippen LogP contribution in [0.5, 0.6) is 5.75 Å². The number of carbonyl (C=O) groups is 3. The average Bonchev–Trinajstić information content (AvgIpc) is 3.68. The van der Waals surface area contributed by atoms with Crippen LogP contribution in [-0.4, -0.2) is 76.7 Å². The van der Waals surface area contributed by atoms with E-state index in [1.54, 1.807) is 4.90 Å². The van der Waals surface area contributed by atoms with E-state index in [4.69, 9.17) is 4.74 Å². The Kier molecular flexibility index (Phi) is 12.2. The Morgan fingerprint density at radius 3 is 2.34 bits per heavy atom. The van der Waals surface area contributed by atoms with E-state index in [1.165, 1.54) is 19.1 Å². The molecule has 7 atom stereocenters. The van der Waals surface area contributed by atoms with Gasteiger partial charge in [0, 0.05) is 38.5 Å². The lowest BCUT2D eigenvalue weighted by Gasteiger charge is -2.36. The lowest BCUT2D eigenvalue weighted by Crippen LogP contribution is -2.61. The second-order valence-corrected chi connectivity index (χ2v) is 13.6. The van der Waals surface area contributed by atoms with Crippen LogP contribution >= 0.6 is 0 Å². The van der Waals surface area contributed by atoms with Crippen molar-refractivity contribution in [1.29, 1.82) is 0 Å². The number of hydrogen-bond acceptors (Lipinski definition) is 6. The van der Waals surface area contributed by atoms with Gasteiger partial charge in [-0.3, -0.25) is 14.4 Å². The molecule has 0 unspecified atom stereocenters. The molecule has 0 spiro atoms. The Morgan fingerprint density at radius 1 is 1.04 bits per heavy atom. The van der Waals surface area contributed by atoms with E-state index in [9.17, 15) is 28.3 Å². The van der Waals surface area contributed by atoms with Gasteiger partial charge in [-0.15, -0.1) is 0 Å². The van der Waals surface area contributed by atoms with Gasteiger partial charge in [-0.1, -0.05) is 68.8 Å². The van der Waals surface area contributed by atoms with E-state index < -0.39 is 47.3 Å². The van der Waals surface area contributed by atoms with Crippen LogP contribution in [0.1, 0.15) is 57.6 Å². The molecule has 2 aliphatic heterocycles. The number of rotatable bonds is 15. The number of aliphatic hydroxyl groups excluding tert-OH is 1. The van der Waals surface area contributed by atoms with Crippen LogP contribution in [0.15, 0.2) is 78.9 Å². The number of ether oxygens (including phenoxy) is 1. The highest BCUT2D eigenvalue weighted by atomic mass is 19.1. The summed E-state index contributed by atoms with van der Waals surface area (Å²) in [5, 5.41) is 21.0. The minimum absolute atomic E-state index is 0.0635. The summed E-state index contributed by atoms with van der Waals surface area (Å²) in [6.45, 7) is 5.96. The highest BCUT2D eigenvalue weighted by molar-refractivity contribution is 5.96. The fourth-order valence-corrected chi connectivity index (χ4v) is 7.37. The Bertz CT molecular complexity index is 1590. The van der Waals surface area contributed by atoms with Gasteiger partial charge in [-0.2, -0.15) is 0 Å². The van der Waals surface area contributed by atoms with Gasteiger partial charge in [0.05, 0.1) is 12.1 Å². The first-order valence-corrected chi connectivity index (χ1v) is 17.5. The van der Waals surface area contributed by atoms with E-state index in [2.05, 4.69) is 16.0 Å². The first-order chi connectivity index (χ1) is 24.0. The predicted molar refractivity (Wildman–Crippen MR) is 186 cm³/mol. The molecule has 0 bridgehead atoms. The zero-order valence-corrected chi connectivity index (χ0v) is 28.9. The van der Waals surface area contributed by atoms with E-state index in [-0.39, 0.29) is 48.8 Å². The molecule has 11 heteroatoms. The predicted octanol–water partition coefficient (Wildman–Crippen LogP) is 4.32. The summed E-state index contributed by atoms with van der Waals surface area (Å²) in [4.78, 5) is 42.6. The fraction of sp³-hybridized carbons (Fsp3) is 0.462. The van der Waals surface area contributed by atoms with Crippen LogP contribution in [-0.2, 0) is 27.2 Å². The fourth-order valence-electron chi connectivity index (χ4n) is 7.37. The number of halogens is 2. The number of para-hydroxylation sites is 1. The summed E-state index contributed by atoms with van der Waals surface area (Å²) in [6, 6.07) is 19.7. The smallest absolute Gasteiger partial charge is 0.249 e. The van der Waals surface area contributed by atoms with Crippen molar-refractivity contribution >= 4 is 17.7 Å². The molecule has 0 aliphatic carbocycles. The molecule has 2 saturated heterocycles. The summed E-state index contributed by atoms with van der Waals surface area (Å²) >= 11 is 0. The molecule has 0 aromatic heterocycles. The topological polar surface area (TPSA) is 120 Å². The van der Waals surface area contributed by atoms with Gasteiger partial charge in [-0.05, 0) is 67.0 Å². The maximum atomic E-state index is 14.4. The minimum atomic E-state index is -1.17. The zero-order chi connectivity index (χ0) is 35.8. The SMILES string of the molecule is CC[C@@H](C)[C@@]1(NC(C)=O)CCN([C@@H](CCc2ccccc2)C(=O)N[C@@H](Cc2cc(F)cc(F)c2)[C@H](O)[C@H]2C[C@@H](Oc3ccccc3)CN2)C1=O. The molecule has 3 aromatic carbocycles. The van der Waals surface area contributed by atoms with E-state index in [1.807, 2.05) is 74.5 Å². The number of hydrogen-bond donors (Lipinski definition) is 4. The second kappa shape index (κ2) is 16.6. The van der Waals surface area contributed by atoms with E-state index >= 15 is 0 Å². The first kappa shape index (κ1) is 36.9. The van der Waals surface area contributed by atoms with Gasteiger partial charge in [-0.25, -0.2) is 8.78 Å². The molecular weight excluding hydrogens is 642 g/mol. The quantitative estimate of drug-likeness (QED) is 0.189. The van der Waals surface area contributed by atoms with Gasteiger partial charge < -0.3 is 30.7 Å². The number of aryl methyl sites for hydroxylation is 1. The Labute approximate surface area is 292 Å². The van der Waals surface area contributed by atoms with Gasteiger partial charge in [0.15, 0.2) is 0 Å². The summed E-state index contributed by atoms with van der Waals surface area (Å²) in [5.74, 6) is -2.16. The molecule has 3 amide bonds. The Hall–Kier alpha value is -4.35. The van der Waals surface area contributed by atoms with Crippen LogP contribution in [0.4, 0.5) is 8.78 Å². The van der Waals surface area contributed by atoms with Crippen molar-refractivity contribution in [3.05, 3.63) is 102 Å². The number of likely N-dealkylation sites (tertiary alicyclic amines) is 1. The first-order valence-electron chi connectivity index (χ1n) is 17.5. The minimum Gasteiger partial charge on any atom is -0.489 e. The van der Waals surface area contributed by atoms with Gasteiger partial charge in [0.25, 0.3) is 0 Å². The van der Waals surface area contributed by atoms with E-state index in [0.29, 0.717) is 38.0 Å². The number of aliphatic hydroxyl groups is 1.